The maximum Gasteiger partial charge on any atom is 0.225 e. The van der Waals surface area contributed by atoms with Crippen LogP contribution in [0.3, 0.4) is 0 Å². The Hall–Kier alpha value is -2.40. The van der Waals surface area contributed by atoms with E-state index in [2.05, 4.69) is 5.32 Å². The van der Waals surface area contributed by atoms with Gasteiger partial charge in [0.15, 0.2) is 0 Å². The van der Waals surface area contributed by atoms with Gasteiger partial charge in [-0.1, -0.05) is 24.3 Å². The lowest BCUT2D eigenvalue weighted by atomic mass is 10.1. The van der Waals surface area contributed by atoms with E-state index in [4.69, 9.17) is 9.47 Å². The zero-order valence-corrected chi connectivity index (χ0v) is 13.3. The van der Waals surface area contributed by atoms with Crippen LogP contribution < -0.4 is 10.1 Å². The number of halogens is 1. The van der Waals surface area contributed by atoms with Crippen LogP contribution in [0.5, 0.6) is 5.75 Å². The van der Waals surface area contributed by atoms with Gasteiger partial charge < -0.3 is 14.8 Å². The van der Waals surface area contributed by atoms with Crippen molar-refractivity contribution in [3.05, 3.63) is 65.5 Å². The molecule has 0 radical (unpaired) electrons. The molecular formula is C19H20FNO3. The van der Waals surface area contributed by atoms with Crippen molar-refractivity contribution in [1.29, 1.82) is 0 Å². The average molecular weight is 329 g/mol. The van der Waals surface area contributed by atoms with Crippen molar-refractivity contribution in [2.45, 2.75) is 19.6 Å². The number of hydrogen-bond donors (Lipinski definition) is 1. The van der Waals surface area contributed by atoms with Gasteiger partial charge in [-0.05, 0) is 41.8 Å². The third-order valence-corrected chi connectivity index (χ3v) is 3.99. The zero-order valence-electron chi connectivity index (χ0n) is 13.3. The Morgan fingerprint density at radius 1 is 1.21 bits per heavy atom. The number of rotatable bonds is 6. The lowest BCUT2D eigenvalue weighted by molar-refractivity contribution is -0.125. The van der Waals surface area contributed by atoms with Crippen molar-refractivity contribution in [3.8, 4) is 5.75 Å². The molecule has 4 nitrogen and oxygen atoms in total. The molecule has 0 spiro atoms. The highest BCUT2D eigenvalue weighted by atomic mass is 19.1. The van der Waals surface area contributed by atoms with Crippen molar-refractivity contribution in [3.63, 3.8) is 0 Å². The summed E-state index contributed by atoms with van der Waals surface area (Å²) in [6.45, 7) is 1.98. The molecule has 1 aliphatic rings. The van der Waals surface area contributed by atoms with Gasteiger partial charge in [0, 0.05) is 13.2 Å². The first-order chi connectivity index (χ1) is 11.7. The molecule has 0 saturated carbocycles. The van der Waals surface area contributed by atoms with E-state index in [0.29, 0.717) is 32.1 Å². The van der Waals surface area contributed by atoms with Crippen molar-refractivity contribution in [2.24, 2.45) is 5.92 Å². The lowest BCUT2D eigenvalue weighted by Gasteiger charge is -2.10. The summed E-state index contributed by atoms with van der Waals surface area (Å²) in [5, 5.41) is 2.92. The first kappa shape index (κ1) is 16.5. The minimum atomic E-state index is -0.269. The Morgan fingerprint density at radius 2 is 2.04 bits per heavy atom. The van der Waals surface area contributed by atoms with E-state index in [1.807, 2.05) is 30.3 Å². The molecule has 2 aromatic carbocycles. The molecule has 0 aliphatic carbocycles. The van der Waals surface area contributed by atoms with E-state index in [9.17, 15) is 9.18 Å². The molecule has 24 heavy (non-hydrogen) atoms. The summed E-state index contributed by atoms with van der Waals surface area (Å²) in [7, 11) is 0. The summed E-state index contributed by atoms with van der Waals surface area (Å²) in [5.41, 5.74) is 1.78. The number of benzene rings is 2. The highest BCUT2D eigenvalue weighted by Gasteiger charge is 2.22. The normalized spacial score (nSPS) is 16.8. The number of carbonyl (C=O) groups is 1. The second-order valence-electron chi connectivity index (χ2n) is 5.84. The average Bonchev–Trinajstić information content (AvgIpc) is 3.13. The van der Waals surface area contributed by atoms with Crippen molar-refractivity contribution in [1.82, 2.24) is 5.32 Å². The number of hydrogen-bond acceptors (Lipinski definition) is 3. The Labute approximate surface area is 140 Å². The van der Waals surface area contributed by atoms with E-state index in [1.54, 1.807) is 6.07 Å². The van der Waals surface area contributed by atoms with Crippen LogP contribution in [-0.4, -0.2) is 19.1 Å². The van der Waals surface area contributed by atoms with Gasteiger partial charge in [0.1, 0.15) is 18.2 Å². The molecule has 3 rings (SSSR count). The van der Waals surface area contributed by atoms with Crippen molar-refractivity contribution < 1.29 is 18.7 Å². The Morgan fingerprint density at radius 3 is 2.75 bits per heavy atom. The van der Waals surface area contributed by atoms with Crippen LogP contribution in [0.2, 0.25) is 0 Å². The Bertz CT molecular complexity index is 681. The number of nitrogens with one attached hydrogen (secondary N) is 1. The lowest BCUT2D eigenvalue weighted by Crippen LogP contribution is -2.30. The van der Waals surface area contributed by atoms with Gasteiger partial charge in [0.2, 0.25) is 5.91 Å². The summed E-state index contributed by atoms with van der Waals surface area (Å²) in [6, 6.07) is 13.9. The van der Waals surface area contributed by atoms with Gasteiger partial charge in [-0.3, -0.25) is 4.79 Å². The fourth-order valence-electron chi connectivity index (χ4n) is 2.57. The smallest absolute Gasteiger partial charge is 0.225 e. The van der Waals surface area contributed by atoms with Crippen LogP contribution in [0.25, 0.3) is 0 Å². The molecule has 0 bridgehead atoms. The Balaban J connectivity index is 1.47. The molecule has 1 atom stereocenters. The van der Waals surface area contributed by atoms with Crippen LogP contribution in [0.15, 0.2) is 48.5 Å². The quantitative estimate of drug-likeness (QED) is 0.886. The molecule has 126 valence electrons. The molecule has 0 unspecified atom stereocenters. The number of amides is 1. The zero-order chi connectivity index (χ0) is 16.8. The van der Waals surface area contributed by atoms with E-state index >= 15 is 0 Å². The van der Waals surface area contributed by atoms with E-state index in [0.717, 1.165) is 17.5 Å². The molecule has 2 aromatic rings. The third-order valence-electron chi connectivity index (χ3n) is 3.99. The monoisotopic (exact) mass is 329 g/mol. The highest BCUT2D eigenvalue weighted by molar-refractivity contribution is 5.78. The van der Waals surface area contributed by atoms with Crippen LogP contribution in [0, 0.1) is 11.7 Å². The van der Waals surface area contributed by atoms with Crippen LogP contribution in [0.4, 0.5) is 4.39 Å². The van der Waals surface area contributed by atoms with E-state index < -0.39 is 0 Å². The van der Waals surface area contributed by atoms with Gasteiger partial charge in [-0.25, -0.2) is 4.39 Å². The SMILES string of the molecule is O=C(NCc1ccc(OCc2cccc(F)c2)cc1)[C@@H]1CCOC1. The number of carbonyl (C=O) groups excluding carboxylic acids is 1. The van der Waals surface area contributed by atoms with Gasteiger partial charge in [-0.15, -0.1) is 0 Å². The standard InChI is InChI=1S/C19H20FNO3/c20-17-3-1-2-15(10-17)12-24-18-6-4-14(5-7-18)11-21-19(22)16-8-9-23-13-16/h1-7,10,16H,8-9,11-13H2,(H,21,22)/t16-/m1/s1. The summed E-state index contributed by atoms with van der Waals surface area (Å²) >= 11 is 0. The molecule has 5 heteroatoms. The topological polar surface area (TPSA) is 47.6 Å². The fourth-order valence-corrected chi connectivity index (χ4v) is 2.57. The van der Waals surface area contributed by atoms with E-state index in [-0.39, 0.29) is 17.6 Å². The Kier molecular flexibility index (Phi) is 5.43. The second-order valence-corrected chi connectivity index (χ2v) is 5.84. The molecule has 1 fully saturated rings. The second kappa shape index (κ2) is 7.93. The predicted molar refractivity (Wildman–Crippen MR) is 87.9 cm³/mol. The van der Waals surface area contributed by atoms with Crippen LogP contribution >= 0.6 is 0 Å². The highest BCUT2D eigenvalue weighted by Crippen LogP contribution is 2.16. The first-order valence-corrected chi connectivity index (χ1v) is 8.02. The van der Waals surface area contributed by atoms with Crippen molar-refractivity contribution >= 4 is 5.91 Å². The van der Waals surface area contributed by atoms with Gasteiger partial charge in [-0.2, -0.15) is 0 Å². The number of ether oxygens (including phenoxy) is 2. The van der Waals surface area contributed by atoms with Crippen LogP contribution in [-0.2, 0) is 22.7 Å². The van der Waals surface area contributed by atoms with Gasteiger partial charge in [0.05, 0.1) is 12.5 Å². The van der Waals surface area contributed by atoms with E-state index in [1.165, 1.54) is 12.1 Å². The maximum atomic E-state index is 13.1. The van der Waals surface area contributed by atoms with Crippen LogP contribution in [0.1, 0.15) is 17.5 Å². The summed E-state index contributed by atoms with van der Waals surface area (Å²) < 4.78 is 24.0. The predicted octanol–water partition coefficient (Wildman–Crippen LogP) is 3.06. The maximum absolute atomic E-state index is 13.1. The third kappa shape index (κ3) is 4.55. The summed E-state index contributed by atoms with van der Waals surface area (Å²) in [6.07, 6.45) is 0.790. The fraction of sp³-hybridized carbons (Fsp3) is 0.316. The molecule has 1 aliphatic heterocycles. The molecular weight excluding hydrogens is 309 g/mol. The molecule has 1 heterocycles. The first-order valence-electron chi connectivity index (χ1n) is 8.02. The molecule has 0 aromatic heterocycles. The van der Waals surface area contributed by atoms with Gasteiger partial charge in [0.25, 0.3) is 0 Å². The minimum Gasteiger partial charge on any atom is -0.489 e. The molecule has 1 N–H and O–H groups in total. The van der Waals surface area contributed by atoms with Crippen molar-refractivity contribution in [2.75, 3.05) is 13.2 Å². The summed E-state index contributed by atoms with van der Waals surface area (Å²) in [4.78, 5) is 11.9. The summed E-state index contributed by atoms with van der Waals surface area (Å²) in [5.74, 6) is 0.450. The molecule has 1 amide bonds. The largest absolute Gasteiger partial charge is 0.489 e. The minimum absolute atomic E-state index is 0.0288. The van der Waals surface area contributed by atoms with Gasteiger partial charge >= 0.3 is 0 Å². The molecule has 1 saturated heterocycles.